The van der Waals surface area contributed by atoms with Crippen LogP contribution in [0.5, 0.6) is 0 Å². The number of nitrogens with one attached hydrogen (secondary N) is 1. The van der Waals surface area contributed by atoms with Crippen LogP contribution in [0.15, 0.2) is 18.2 Å². The molecule has 19 heavy (non-hydrogen) atoms. The van der Waals surface area contributed by atoms with E-state index < -0.39 is 0 Å². The maximum Gasteiger partial charge on any atom is 0.106 e. The van der Waals surface area contributed by atoms with Crippen molar-refractivity contribution in [3.05, 3.63) is 29.3 Å². The Kier molecular flexibility index (Phi) is 4.77. The minimum atomic E-state index is 0.459. The van der Waals surface area contributed by atoms with E-state index in [-0.39, 0.29) is 0 Å². The third-order valence-corrected chi connectivity index (χ3v) is 3.84. The summed E-state index contributed by atoms with van der Waals surface area (Å²) in [6.45, 7) is 7.42. The second kappa shape index (κ2) is 6.35. The molecule has 0 aromatic heterocycles. The van der Waals surface area contributed by atoms with Crippen LogP contribution in [-0.2, 0) is 0 Å². The second-order valence-corrected chi connectivity index (χ2v) is 5.64. The van der Waals surface area contributed by atoms with Crippen molar-refractivity contribution in [3.8, 4) is 0 Å². The van der Waals surface area contributed by atoms with Crippen molar-refractivity contribution >= 4 is 22.9 Å². The lowest BCUT2D eigenvalue weighted by molar-refractivity contribution is 0.289. The molecule has 4 heteroatoms. The molecular weight excluding hydrogens is 254 g/mol. The molecule has 2 rings (SSSR count). The van der Waals surface area contributed by atoms with Crippen LogP contribution in [0.2, 0.25) is 0 Å². The van der Waals surface area contributed by atoms with Crippen molar-refractivity contribution in [2.24, 2.45) is 5.73 Å². The van der Waals surface area contributed by atoms with E-state index >= 15 is 0 Å². The van der Waals surface area contributed by atoms with Gasteiger partial charge in [-0.05, 0) is 38.4 Å². The van der Waals surface area contributed by atoms with Crippen LogP contribution in [0.1, 0.15) is 30.9 Å². The van der Waals surface area contributed by atoms with Gasteiger partial charge in [-0.2, -0.15) is 0 Å². The summed E-state index contributed by atoms with van der Waals surface area (Å²) in [6, 6.07) is 7.02. The molecule has 0 aliphatic heterocycles. The van der Waals surface area contributed by atoms with E-state index in [2.05, 4.69) is 36.2 Å². The Morgan fingerprint density at radius 3 is 2.79 bits per heavy atom. The highest BCUT2D eigenvalue weighted by Gasteiger charge is 2.27. The fourth-order valence-corrected chi connectivity index (χ4v) is 2.56. The van der Waals surface area contributed by atoms with Gasteiger partial charge in [0.2, 0.25) is 0 Å². The van der Waals surface area contributed by atoms with E-state index in [4.69, 9.17) is 18.0 Å². The lowest BCUT2D eigenvalue weighted by atomic mass is 10.1. The molecular formula is C15H23N3S. The zero-order valence-corrected chi connectivity index (χ0v) is 12.6. The molecule has 1 fully saturated rings. The molecule has 1 aromatic rings. The number of nitrogens with zero attached hydrogens (tertiary/aromatic N) is 1. The van der Waals surface area contributed by atoms with Crippen LogP contribution in [0.3, 0.4) is 0 Å². The van der Waals surface area contributed by atoms with Crippen LogP contribution in [0, 0.1) is 6.92 Å². The summed E-state index contributed by atoms with van der Waals surface area (Å²) in [4.78, 5) is 2.99. The summed E-state index contributed by atoms with van der Waals surface area (Å²) >= 11 is 5.11. The first-order valence-corrected chi connectivity index (χ1v) is 7.41. The van der Waals surface area contributed by atoms with Gasteiger partial charge < -0.3 is 11.1 Å². The Morgan fingerprint density at radius 2 is 2.21 bits per heavy atom. The standard InChI is InChI=1S/C15H23N3S/c1-3-18(12-5-6-12)9-8-17-14-7-4-11(2)10-13(14)15(16)19/h4,7,10,12,17H,3,5-6,8-9H2,1-2H3,(H2,16,19). The fourth-order valence-electron chi connectivity index (χ4n) is 2.39. The number of likely N-dealkylation sites (N-methyl/N-ethyl adjacent to an activating group) is 1. The molecule has 0 amide bonds. The molecule has 1 aliphatic rings. The first-order chi connectivity index (χ1) is 9.11. The van der Waals surface area contributed by atoms with E-state index in [1.54, 1.807) is 0 Å². The smallest absolute Gasteiger partial charge is 0.106 e. The molecule has 1 aromatic carbocycles. The number of nitrogens with two attached hydrogens (primary N) is 1. The van der Waals surface area contributed by atoms with Crippen molar-refractivity contribution in [2.75, 3.05) is 25.0 Å². The van der Waals surface area contributed by atoms with E-state index in [1.165, 1.54) is 18.4 Å². The van der Waals surface area contributed by atoms with E-state index in [9.17, 15) is 0 Å². The molecule has 104 valence electrons. The third kappa shape index (κ3) is 3.91. The molecule has 1 saturated carbocycles. The second-order valence-electron chi connectivity index (χ2n) is 5.20. The summed E-state index contributed by atoms with van der Waals surface area (Å²) in [5, 5.41) is 3.46. The Balaban J connectivity index is 1.93. The normalized spacial score (nSPS) is 14.7. The van der Waals surface area contributed by atoms with Gasteiger partial charge >= 0.3 is 0 Å². The van der Waals surface area contributed by atoms with E-state index in [1.807, 2.05) is 6.07 Å². The molecule has 0 heterocycles. The molecule has 1 aliphatic carbocycles. The molecule has 0 radical (unpaired) electrons. The first-order valence-electron chi connectivity index (χ1n) is 7.00. The maximum atomic E-state index is 5.78. The van der Waals surface area contributed by atoms with Crippen LogP contribution in [0.25, 0.3) is 0 Å². The lowest BCUT2D eigenvalue weighted by Gasteiger charge is -2.21. The Hall–Kier alpha value is -1.13. The number of hydrogen-bond acceptors (Lipinski definition) is 3. The Labute approximate surface area is 121 Å². The summed E-state index contributed by atoms with van der Waals surface area (Å²) < 4.78 is 0. The van der Waals surface area contributed by atoms with Gasteiger partial charge in [-0.3, -0.25) is 4.90 Å². The predicted molar refractivity (Wildman–Crippen MR) is 85.8 cm³/mol. The summed E-state index contributed by atoms with van der Waals surface area (Å²) in [5.41, 5.74) is 8.96. The largest absolute Gasteiger partial charge is 0.389 e. The zero-order valence-electron chi connectivity index (χ0n) is 11.8. The van der Waals surface area contributed by atoms with Gasteiger partial charge in [0, 0.05) is 30.4 Å². The molecule has 0 bridgehead atoms. The minimum absolute atomic E-state index is 0.459. The number of aryl methyl sites for hydroxylation is 1. The molecule has 3 nitrogen and oxygen atoms in total. The van der Waals surface area contributed by atoms with Crippen molar-refractivity contribution in [1.82, 2.24) is 4.90 Å². The van der Waals surface area contributed by atoms with Crippen LogP contribution in [0.4, 0.5) is 5.69 Å². The summed E-state index contributed by atoms with van der Waals surface area (Å²) in [7, 11) is 0. The first kappa shape index (κ1) is 14.3. The number of benzene rings is 1. The number of rotatable bonds is 7. The third-order valence-electron chi connectivity index (χ3n) is 3.62. The van der Waals surface area contributed by atoms with E-state index in [0.29, 0.717) is 4.99 Å². The Bertz CT molecular complexity index is 455. The summed E-state index contributed by atoms with van der Waals surface area (Å²) in [5.74, 6) is 0. The van der Waals surface area contributed by atoms with Gasteiger partial charge in [-0.1, -0.05) is 30.8 Å². The molecule has 3 N–H and O–H groups in total. The fraction of sp³-hybridized carbons (Fsp3) is 0.533. The molecule has 0 saturated heterocycles. The molecule has 0 spiro atoms. The van der Waals surface area contributed by atoms with Crippen molar-refractivity contribution < 1.29 is 0 Å². The van der Waals surface area contributed by atoms with Gasteiger partial charge in [0.05, 0.1) is 0 Å². The minimum Gasteiger partial charge on any atom is -0.389 e. The number of anilines is 1. The molecule has 0 unspecified atom stereocenters. The highest BCUT2D eigenvalue weighted by Crippen LogP contribution is 2.26. The lowest BCUT2D eigenvalue weighted by Crippen LogP contribution is -2.31. The monoisotopic (exact) mass is 277 g/mol. The van der Waals surface area contributed by atoms with Crippen molar-refractivity contribution in [2.45, 2.75) is 32.7 Å². The van der Waals surface area contributed by atoms with Crippen LogP contribution < -0.4 is 11.1 Å². The summed E-state index contributed by atoms with van der Waals surface area (Å²) in [6.07, 6.45) is 2.72. The van der Waals surface area contributed by atoms with Crippen molar-refractivity contribution in [3.63, 3.8) is 0 Å². The topological polar surface area (TPSA) is 41.3 Å². The van der Waals surface area contributed by atoms with Crippen LogP contribution >= 0.6 is 12.2 Å². The van der Waals surface area contributed by atoms with E-state index in [0.717, 1.165) is 36.9 Å². The molecule has 0 atom stereocenters. The average molecular weight is 277 g/mol. The number of hydrogen-bond donors (Lipinski definition) is 2. The Morgan fingerprint density at radius 1 is 1.47 bits per heavy atom. The van der Waals surface area contributed by atoms with Crippen molar-refractivity contribution in [1.29, 1.82) is 0 Å². The van der Waals surface area contributed by atoms with Crippen LogP contribution in [-0.4, -0.2) is 35.6 Å². The van der Waals surface area contributed by atoms with Gasteiger partial charge in [0.1, 0.15) is 4.99 Å². The quantitative estimate of drug-likeness (QED) is 0.752. The van der Waals surface area contributed by atoms with Gasteiger partial charge in [0.25, 0.3) is 0 Å². The number of thiocarbonyl (C=S) groups is 1. The van der Waals surface area contributed by atoms with Gasteiger partial charge in [-0.15, -0.1) is 0 Å². The highest BCUT2D eigenvalue weighted by atomic mass is 32.1. The highest BCUT2D eigenvalue weighted by molar-refractivity contribution is 7.80. The predicted octanol–water partition coefficient (Wildman–Crippen LogP) is 2.53. The van der Waals surface area contributed by atoms with Gasteiger partial charge in [-0.25, -0.2) is 0 Å². The SMILES string of the molecule is CCN(CCNc1ccc(C)cc1C(N)=S)C1CC1. The maximum absolute atomic E-state index is 5.78. The average Bonchev–Trinajstić information content (AvgIpc) is 3.20. The zero-order chi connectivity index (χ0) is 13.8. The van der Waals surface area contributed by atoms with Gasteiger partial charge in [0.15, 0.2) is 0 Å².